The number of H-pyrrole nitrogens is 1. The van der Waals surface area contributed by atoms with E-state index in [4.69, 9.17) is 0 Å². The molecular weight excluding hydrogens is 288 g/mol. The van der Waals surface area contributed by atoms with Gasteiger partial charge in [0.1, 0.15) is 4.47 Å². The van der Waals surface area contributed by atoms with Crippen molar-refractivity contribution in [2.45, 2.75) is 12.8 Å². The Morgan fingerprint density at radius 3 is 2.94 bits per heavy atom. The van der Waals surface area contributed by atoms with E-state index in [9.17, 15) is 9.59 Å². The Morgan fingerprint density at radius 1 is 1.53 bits per heavy atom. The van der Waals surface area contributed by atoms with Crippen molar-refractivity contribution in [1.82, 2.24) is 15.1 Å². The number of amides is 1. The molecule has 1 aromatic heterocycles. The largest absolute Gasteiger partial charge is 0.374 e. The highest BCUT2D eigenvalue weighted by atomic mass is 79.9. The van der Waals surface area contributed by atoms with Crippen LogP contribution >= 0.6 is 15.9 Å². The molecule has 2 rings (SSSR count). The Balaban J connectivity index is 1.95. The number of likely N-dealkylation sites (tertiary alicyclic amines) is 1. The van der Waals surface area contributed by atoms with Crippen LogP contribution in [-0.4, -0.2) is 40.6 Å². The summed E-state index contributed by atoms with van der Waals surface area (Å²) in [5, 5.41) is 8.87. The highest BCUT2D eigenvalue weighted by Gasteiger charge is 2.17. The van der Waals surface area contributed by atoms with Crippen molar-refractivity contribution >= 4 is 27.5 Å². The molecule has 1 aromatic rings. The molecule has 92 valence electrons. The van der Waals surface area contributed by atoms with Crippen molar-refractivity contribution < 1.29 is 4.79 Å². The number of nitrogens with zero attached hydrogens (tertiary/aromatic N) is 2. The summed E-state index contributed by atoms with van der Waals surface area (Å²) in [6, 6.07) is 0. The second-order valence-electron chi connectivity index (χ2n) is 3.87. The van der Waals surface area contributed by atoms with Crippen molar-refractivity contribution in [2.75, 3.05) is 25.0 Å². The summed E-state index contributed by atoms with van der Waals surface area (Å²) < 4.78 is 0.363. The summed E-state index contributed by atoms with van der Waals surface area (Å²) in [5.74, 6) is 0.0506. The van der Waals surface area contributed by atoms with Gasteiger partial charge in [-0.1, -0.05) is 0 Å². The molecule has 1 saturated heterocycles. The summed E-state index contributed by atoms with van der Waals surface area (Å²) >= 11 is 3.14. The van der Waals surface area contributed by atoms with Crippen LogP contribution in [0.2, 0.25) is 0 Å². The van der Waals surface area contributed by atoms with Crippen molar-refractivity contribution in [3.05, 3.63) is 21.0 Å². The van der Waals surface area contributed by atoms with Gasteiger partial charge in [0.25, 0.3) is 5.56 Å². The Morgan fingerprint density at radius 2 is 2.24 bits per heavy atom. The number of hydrogen-bond donors (Lipinski definition) is 2. The van der Waals surface area contributed by atoms with Crippen molar-refractivity contribution in [3.8, 4) is 0 Å². The van der Waals surface area contributed by atoms with Crippen LogP contribution in [0.4, 0.5) is 5.69 Å². The predicted octanol–water partition coefficient (Wildman–Crippen LogP) is 0.567. The van der Waals surface area contributed by atoms with Crippen LogP contribution in [0.3, 0.4) is 0 Å². The lowest BCUT2D eigenvalue weighted by Gasteiger charge is -2.16. The molecule has 1 aliphatic heterocycles. The van der Waals surface area contributed by atoms with Crippen LogP contribution < -0.4 is 10.9 Å². The lowest BCUT2D eigenvalue weighted by atomic mass is 10.4. The normalized spacial score (nSPS) is 15.0. The molecule has 0 saturated carbocycles. The van der Waals surface area contributed by atoms with Gasteiger partial charge in [-0.15, -0.1) is 0 Å². The van der Waals surface area contributed by atoms with E-state index >= 15 is 0 Å². The fraction of sp³-hybridized carbons (Fsp3) is 0.500. The van der Waals surface area contributed by atoms with Gasteiger partial charge in [-0.05, 0) is 28.8 Å². The third-order valence-electron chi connectivity index (χ3n) is 2.68. The molecule has 6 nitrogen and oxygen atoms in total. The number of halogens is 1. The zero-order valence-corrected chi connectivity index (χ0v) is 10.8. The van der Waals surface area contributed by atoms with Gasteiger partial charge in [-0.2, -0.15) is 5.10 Å². The Kier molecular flexibility index (Phi) is 3.78. The van der Waals surface area contributed by atoms with Gasteiger partial charge in [0, 0.05) is 13.1 Å². The third kappa shape index (κ3) is 2.85. The summed E-state index contributed by atoms with van der Waals surface area (Å²) in [7, 11) is 0. The smallest absolute Gasteiger partial charge is 0.280 e. The number of aromatic amines is 1. The fourth-order valence-corrected chi connectivity index (χ4v) is 2.09. The van der Waals surface area contributed by atoms with E-state index in [0.717, 1.165) is 25.9 Å². The summed E-state index contributed by atoms with van der Waals surface area (Å²) in [5.41, 5.74) is 0.213. The molecule has 0 atom stereocenters. The summed E-state index contributed by atoms with van der Waals surface area (Å²) in [6.45, 7) is 1.84. The molecule has 0 bridgehead atoms. The molecule has 7 heteroatoms. The standard InChI is InChI=1S/C10H13BrN4O2/c11-9-7(5-13-14-10(9)17)12-6-8(16)15-3-1-2-4-15/h5H,1-4,6H2,(H2,12,14,17). The number of rotatable bonds is 3. The molecule has 0 spiro atoms. The number of hydrogen-bond acceptors (Lipinski definition) is 4. The molecule has 17 heavy (non-hydrogen) atoms. The Hall–Kier alpha value is -1.37. The average molecular weight is 301 g/mol. The fourth-order valence-electron chi connectivity index (χ4n) is 1.76. The van der Waals surface area contributed by atoms with E-state index in [1.807, 2.05) is 4.90 Å². The monoisotopic (exact) mass is 300 g/mol. The number of carbonyl (C=O) groups excluding carboxylic acids is 1. The number of aromatic nitrogens is 2. The SMILES string of the molecule is O=C(CNc1cn[nH]c(=O)c1Br)N1CCCC1. The molecule has 1 aliphatic rings. The number of nitrogens with one attached hydrogen (secondary N) is 2. The Labute approximate surface area is 107 Å². The lowest BCUT2D eigenvalue weighted by Crippen LogP contribution is -2.33. The first-order valence-electron chi connectivity index (χ1n) is 5.43. The second-order valence-corrected chi connectivity index (χ2v) is 4.66. The van der Waals surface area contributed by atoms with Crippen LogP contribution in [0.15, 0.2) is 15.5 Å². The minimum atomic E-state index is -0.316. The average Bonchev–Trinajstić information content (AvgIpc) is 2.84. The van der Waals surface area contributed by atoms with Crippen LogP contribution in [0.1, 0.15) is 12.8 Å². The van der Waals surface area contributed by atoms with E-state index in [2.05, 4.69) is 31.4 Å². The van der Waals surface area contributed by atoms with Gasteiger partial charge in [-0.25, -0.2) is 5.10 Å². The molecule has 0 radical (unpaired) electrons. The molecule has 2 heterocycles. The van der Waals surface area contributed by atoms with E-state index in [1.165, 1.54) is 6.20 Å². The molecule has 0 aliphatic carbocycles. The Bertz CT molecular complexity index is 468. The third-order valence-corrected chi connectivity index (χ3v) is 3.47. The minimum Gasteiger partial charge on any atom is -0.374 e. The quantitative estimate of drug-likeness (QED) is 0.855. The first-order chi connectivity index (χ1) is 8.18. The van der Waals surface area contributed by atoms with Crippen LogP contribution in [0.25, 0.3) is 0 Å². The number of anilines is 1. The topological polar surface area (TPSA) is 78.1 Å². The summed E-state index contributed by atoms with van der Waals surface area (Å²) in [4.78, 5) is 24.8. The van der Waals surface area contributed by atoms with Gasteiger partial charge < -0.3 is 10.2 Å². The predicted molar refractivity (Wildman–Crippen MR) is 66.9 cm³/mol. The van der Waals surface area contributed by atoms with E-state index in [-0.39, 0.29) is 18.0 Å². The van der Waals surface area contributed by atoms with Gasteiger partial charge >= 0.3 is 0 Å². The zero-order valence-electron chi connectivity index (χ0n) is 9.20. The molecule has 1 amide bonds. The van der Waals surface area contributed by atoms with E-state index < -0.39 is 0 Å². The molecule has 1 fully saturated rings. The molecule has 0 aromatic carbocycles. The van der Waals surface area contributed by atoms with Gasteiger partial charge in [0.05, 0.1) is 18.4 Å². The minimum absolute atomic E-state index is 0.0506. The van der Waals surface area contributed by atoms with Crippen LogP contribution in [-0.2, 0) is 4.79 Å². The van der Waals surface area contributed by atoms with Crippen molar-refractivity contribution in [2.24, 2.45) is 0 Å². The first kappa shape index (κ1) is 12.1. The van der Waals surface area contributed by atoms with E-state index in [0.29, 0.717) is 10.2 Å². The van der Waals surface area contributed by atoms with Crippen molar-refractivity contribution in [1.29, 1.82) is 0 Å². The first-order valence-corrected chi connectivity index (χ1v) is 6.22. The highest BCUT2D eigenvalue weighted by Crippen LogP contribution is 2.15. The maximum atomic E-state index is 11.8. The van der Waals surface area contributed by atoms with Gasteiger partial charge in [-0.3, -0.25) is 9.59 Å². The summed E-state index contributed by atoms with van der Waals surface area (Å²) in [6.07, 6.45) is 3.62. The van der Waals surface area contributed by atoms with Crippen LogP contribution in [0.5, 0.6) is 0 Å². The maximum absolute atomic E-state index is 11.8. The maximum Gasteiger partial charge on any atom is 0.280 e. The number of carbonyl (C=O) groups is 1. The molecular formula is C10H13BrN4O2. The zero-order chi connectivity index (χ0) is 12.3. The van der Waals surface area contributed by atoms with Gasteiger partial charge in [0.15, 0.2) is 0 Å². The molecule has 0 unspecified atom stereocenters. The van der Waals surface area contributed by atoms with Crippen molar-refractivity contribution in [3.63, 3.8) is 0 Å². The highest BCUT2D eigenvalue weighted by molar-refractivity contribution is 9.10. The molecule has 2 N–H and O–H groups in total. The van der Waals surface area contributed by atoms with Crippen LogP contribution in [0, 0.1) is 0 Å². The second kappa shape index (κ2) is 5.31. The van der Waals surface area contributed by atoms with E-state index in [1.54, 1.807) is 0 Å². The lowest BCUT2D eigenvalue weighted by molar-refractivity contribution is -0.128. The van der Waals surface area contributed by atoms with Gasteiger partial charge in [0.2, 0.25) is 5.91 Å².